The predicted octanol–water partition coefficient (Wildman–Crippen LogP) is 15.0. The Morgan fingerprint density at radius 2 is 0.583 bits per heavy atom. The lowest BCUT2D eigenvalue weighted by Crippen LogP contribution is -2.09. The van der Waals surface area contributed by atoms with Gasteiger partial charge in [0.25, 0.3) is 0 Å². The van der Waals surface area contributed by atoms with Gasteiger partial charge in [0.1, 0.15) is 11.5 Å². The second-order valence-corrected chi connectivity index (χ2v) is 19.2. The van der Waals surface area contributed by atoms with Gasteiger partial charge in [-0.25, -0.2) is 0 Å². The van der Waals surface area contributed by atoms with Crippen LogP contribution >= 0.6 is 16.9 Å². The lowest BCUT2D eigenvalue weighted by atomic mass is 9.90. The number of nitrogens with zero attached hydrogens (tertiary/aromatic N) is 4. The van der Waals surface area contributed by atoms with Crippen molar-refractivity contribution >= 4 is 60.5 Å². The molecule has 0 amide bonds. The van der Waals surface area contributed by atoms with Crippen LogP contribution in [-0.2, 0) is 0 Å². The summed E-state index contributed by atoms with van der Waals surface area (Å²) >= 11 is 0. The maximum absolute atomic E-state index is 7.63. The normalized spacial score (nSPS) is 12.0. The standard InChI is InChI=1S/C52H48N4O2P2/c1-33-25-27-49(57-59(53-29-35(3)41-17-9-13-21-45(41)53)54-30-36(4)42-18-10-14-22-46(42)54)51(39(33)7)52-40(8)34(2)26-28-50(52)58-60(55-31-37(5)43-19-11-15-23-47(43)55)56-32-38(6)44-20-12-16-24-48(44)56/h9-32H,1-8H3. The average Bonchev–Trinajstić information content (AvgIpc) is 3.99. The van der Waals surface area contributed by atoms with Gasteiger partial charge < -0.3 is 9.05 Å². The van der Waals surface area contributed by atoms with Crippen LogP contribution in [-0.4, -0.2) is 17.4 Å². The molecular weight excluding hydrogens is 775 g/mol. The van der Waals surface area contributed by atoms with Crippen molar-refractivity contribution in [1.82, 2.24) is 17.4 Å². The molecule has 4 heterocycles. The Balaban J connectivity index is 1.19. The van der Waals surface area contributed by atoms with Gasteiger partial charge in [-0.2, -0.15) is 0 Å². The van der Waals surface area contributed by atoms with Gasteiger partial charge in [-0.3, -0.25) is 17.4 Å². The molecule has 0 spiro atoms. The van der Waals surface area contributed by atoms with Crippen LogP contribution in [0.25, 0.3) is 54.7 Å². The molecule has 298 valence electrons. The van der Waals surface area contributed by atoms with Gasteiger partial charge in [0.15, 0.2) is 0 Å². The molecule has 0 aliphatic rings. The molecule has 6 aromatic carbocycles. The minimum atomic E-state index is -1.48. The molecule has 0 unspecified atom stereocenters. The fraction of sp³-hybridized carbons (Fsp3) is 0.154. The van der Waals surface area contributed by atoms with Crippen LogP contribution in [0.3, 0.4) is 0 Å². The van der Waals surface area contributed by atoms with Crippen LogP contribution in [0.5, 0.6) is 11.5 Å². The van der Waals surface area contributed by atoms with E-state index < -0.39 is 16.9 Å². The molecule has 10 aromatic rings. The van der Waals surface area contributed by atoms with E-state index >= 15 is 0 Å². The molecule has 0 aliphatic carbocycles. The number of benzene rings is 6. The Bertz CT molecular complexity index is 2910. The number of aryl methyl sites for hydroxylation is 6. The Labute approximate surface area is 354 Å². The van der Waals surface area contributed by atoms with Crippen LogP contribution in [0.2, 0.25) is 0 Å². The average molecular weight is 823 g/mol. The second kappa shape index (κ2) is 14.9. The topological polar surface area (TPSA) is 38.2 Å². The maximum Gasteiger partial charge on any atom is 0.318 e. The number of fused-ring (bicyclic) bond motifs is 4. The summed E-state index contributed by atoms with van der Waals surface area (Å²) in [6.07, 6.45) is 9.03. The number of para-hydroxylation sites is 4. The van der Waals surface area contributed by atoms with E-state index in [-0.39, 0.29) is 0 Å². The monoisotopic (exact) mass is 822 g/mol. The molecule has 0 aliphatic heterocycles. The van der Waals surface area contributed by atoms with Crippen molar-refractivity contribution in [2.45, 2.75) is 55.4 Å². The second-order valence-electron chi connectivity index (χ2n) is 16.1. The zero-order valence-electron chi connectivity index (χ0n) is 35.4. The smallest absolute Gasteiger partial charge is 0.318 e. The molecule has 60 heavy (non-hydrogen) atoms. The van der Waals surface area contributed by atoms with E-state index in [0.29, 0.717) is 0 Å². The van der Waals surface area contributed by atoms with Gasteiger partial charge >= 0.3 is 16.9 Å². The molecule has 0 fully saturated rings. The third-order valence-corrected chi connectivity index (χ3v) is 15.8. The highest BCUT2D eigenvalue weighted by Gasteiger charge is 2.30. The van der Waals surface area contributed by atoms with E-state index in [9.17, 15) is 0 Å². The van der Waals surface area contributed by atoms with Crippen LogP contribution in [0.15, 0.2) is 146 Å². The highest BCUT2D eigenvalue weighted by molar-refractivity contribution is 7.50. The quantitative estimate of drug-likeness (QED) is 0.136. The maximum atomic E-state index is 7.63. The molecule has 0 bridgehead atoms. The van der Waals surface area contributed by atoms with Crippen LogP contribution in [0, 0.1) is 55.4 Å². The lowest BCUT2D eigenvalue weighted by Gasteiger charge is -2.28. The zero-order valence-corrected chi connectivity index (χ0v) is 37.1. The molecule has 10 rings (SSSR count). The first-order valence-electron chi connectivity index (χ1n) is 20.5. The van der Waals surface area contributed by atoms with Crippen molar-refractivity contribution in [2.24, 2.45) is 0 Å². The van der Waals surface area contributed by atoms with E-state index in [1.165, 1.54) is 54.9 Å². The van der Waals surface area contributed by atoms with E-state index in [1.54, 1.807) is 0 Å². The van der Waals surface area contributed by atoms with Gasteiger partial charge in [0.2, 0.25) is 0 Å². The summed E-state index contributed by atoms with van der Waals surface area (Å²) in [6.45, 7) is 17.6. The zero-order chi connectivity index (χ0) is 41.4. The van der Waals surface area contributed by atoms with Gasteiger partial charge in [0, 0.05) is 57.5 Å². The molecule has 0 saturated heterocycles. The molecule has 8 heteroatoms. The Morgan fingerprint density at radius 3 is 0.867 bits per heavy atom. The summed E-state index contributed by atoms with van der Waals surface area (Å²) in [5.41, 5.74) is 16.3. The lowest BCUT2D eigenvalue weighted by molar-refractivity contribution is 0.588. The van der Waals surface area contributed by atoms with Crippen LogP contribution < -0.4 is 9.05 Å². The molecule has 0 radical (unpaired) electrons. The number of aromatic nitrogens is 4. The number of rotatable bonds is 9. The fourth-order valence-corrected chi connectivity index (χ4v) is 12.7. The van der Waals surface area contributed by atoms with E-state index in [0.717, 1.165) is 55.8 Å². The summed E-state index contributed by atoms with van der Waals surface area (Å²) in [7, 11) is -2.95. The Kier molecular flexibility index (Phi) is 9.47. The minimum absolute atomic E-state index is 0.822. The summed E-state index contributed by atoms with van der Waals surface area (Å²) in [4.78, 5) is 0. The van der Waals surface area contributed by atoms with Crippen molar-refractivity contribution in [3.8, 4) is 22.6 Å². The van der Waals surface area contributed by atoms with Crippen LogP contribution in [0.1, 0.15) is 44.5 Å². The molecule has 0 atom stereocenters. The molecular formula is C52H48N4O2P2. The van der Waals surface area contributed by atoms with Gasteiger partial charge in [0.05, 0.1) is 22.1 Å². The Morgan fingerprint density at radius 1 is 0.317 bits per heavy atom. The van der Waals surface area contributed by atoms with E-state index in [4.69, 9.17) is 9.05 Å². The van der Waals surface area contributed by atoms with Gasteiger partial charge in [-0.15, -0.1) is 0 Å². The van der Waals surface area contributed by atoms with Crippen molar-refractivity contribution in [3.63, 3.8) is 0 Å². The highest BCUT2D eigenvalue weighted by Crippen LogP contribution is 2.55. The highest BCUT2D eigenvalue weighted by atomic mass is 31.2. The first kappa shape index (κ1) is 38.2. The third kappa shape index (κ3) is 6.16. The van der Waals surface area contributed by atoms with Crippen molar-refractivity contribution < 1.29 is 9.05 Å². The van der Waals surface area contributed by atoms with Crippen LogP contribution in [0.4, 0.5) is 0 Å². The van der Waals surface area contributed by atoms with Gasteiger partial charge in [-0.05, 0) is 136 Å². The predicted molar refractivity (Wildman–Crippen MR) is 254 cm³/mol. The van der Waals surface area contributed by atoms with Gasteiger partial charge in [-0.1, -0.05) is 84.9 Å². The number of hydrogen-bond acceptors (Lipinski definition) is 2. The molecule has 4 aromatic heterocycles. The fourth-order valence-electron chi connectivity index (χ4n) is 8.80. The first-order chi connectivity index (χ1) is 29.1. The first-order valence-corrected chi connectivity index (χ1v) is 22.9. The van der Waals surface area contributed by atoms with Crippen molar-refractivity contribution in [2.75, 3.05) is 0 Å². The van der Waals surface area contributed by atoms with E-state index in [2.05, 4.69) is 219 Å². The third-order valence-electron chi connectivity index (χ3n) is 12.3. The summed E-state index contributed by atoms with van der Waals surface area (Å²) in [5, 5.41) is 4.89. The van der Waals surface area contributed by atoms with Crippen molar-refractivity contribution in [3.05, 3.63) is 191 Å². The van der Waals surface area contributed by atoms with E-state index in [1.807, 2.05) is 0 Å². The summed E-state index contributed by atoms with van der Waals surface area (Å²) in [6, 6.07) is 43.3. The number of hydrogen-bond donors (Lipinski definition) is 0. The molecule has 0 N–H and O–H groups in total. The SMILES string of the molecule is Cc1ccc(OP(n2cc(C)c3ccccc32)n2cc(C)c3ccccc32)c(-c2c(OP(n3cc(C)c4ccccc43)n3cc(C)c4ccccc43)ccc(C)c2C)c1C. The Hall–Kier alpha value is -6.06. The summed E-state index contributed by atoms with van der Waals surface area (Å²) < 4.78 is 24.7. The van der Waals surface area contributed by atoms with Crippen molar-refractivity contribution in [1.29, 1.82) is 0 Å². The largest absolute Gasteiger partial charge is 0.435 e. The molecule has 0 saturated carbocycles. The molecule has 6 nitrogen and oxygen atoms in total. The minimum Gasteiger partial charge on any atom is -0.435 e. The summed E-state index contributed by atoms with van der Waals surface area (Å²) in [5.74, 6) is 1.64.